The molecule has 238 valence electrons. The van der Waals surface area contributed by atoms with Gasteiger partial charge in [-0.05, 0) is 74.7 Å². The molecule has 3 aromatic carbocycles. The number of halogens is 1. The van der Waals surface area contributed by atoms with Crippen molar-refractivity contribution in [3.63, 3.8) is 0 Å². The highest BCUT2D eigenvalue weighted by Crippen LogP contribution is 2.37. The van der Waals surface area contributed by atoms with Crippen LogP contribution in [0, 0.1) is 0 Å². The molecule has 8 nitrogen and oxygen atoms in total. The number of benzene rings is 3. The Morgan fingerprint density at radius 2 is 1.83 bits per heavy atom. The third kappa shape index (κ3) is 6.80. The Kier molecular flexibility index (Phi) is 10.4. The van der Waals surface area contributed by atoms with E-state index in [0.29, 0.717) is 68.1 Å². The normalized spacial score (nSPS) is 14.4. The molecule has 0 unspecified atom stereocenters. The van der Waals surface area contributed by atoms with E-state index in [1.165, 1.54) is 11.3 Å². The van der Waals surface area contributed by atoms with E-state index in [1.807, 2.05) is 67.6 Å². The fourth-order valence-corrected chi connectivity index (χ4v) is 6.54. The minimum Gasteiger partial charge on any atom is -0.496 e. The molecule has 0 radical (unpaired) electrons. The zero-order valence-corrected chi connectivity index (χ0v) is 27.7. The molecule has 0 saturated heterocycles. The summed E-state index contributed by atoms with van der Waals surface area (Å²) in [5.74, 6) is 1.19. The van der Waals surface area contributed by atoms with Crippen molar-refractivity contribution < 1.29 is 23.7 Å². The zero-order valence-electron chi connectivity index (χ0n) is 26.2. The molecule has 0 amide bonds. The van der Waals surface area contributed by atoms with Gasteiger partial charge in [0.15, 0.2) is 16.3 Å². The van der Waals surface area contributed by atoms with E-state index < -0.39 is 12.0 Å². The van der Waals surface area contributed by atoms with Crippen LogP contribution in [0.5, 0.6) is 17.2 Å². The average Bonchev–Trinajstić information content (AvgIpc) is 3.34. The topological polar surface area (TPSA) is 88.4 Å². The van der Waals surface area contributed by atoms with Crippen molar-refractivity contribution in [2.24, 2.45) is 4.99 Å². The molecule has 0 saturated carbocycles. The van der Waals surface area contributed by atoms with Crippen LogP contribution >= 0.6 is 22.9 Å². The van der Waals surface area contributed by atoms with Gasteiger partial charge in [0.2, 0.25) is 0 Å². The molecule has 4 aromatic rings. The molecule has 1 aliphatic rings. The first-order chi connectivity index (χ1) is 22.3. The van der Waals surface area contributed by atoms with E-state index in [1.54, 1.807) is 37.7 Å². The number of para-hydroxylation sites is 1. The third-order valence-corrected chi connectivity index (χ3v) is 8.60. The highest BCUT2D eigenvalue weighted by molar-refractivity contribution is 7.07. The minimum atomic E-state index is -0.785. The molecule has 5 rings (SSSR count). The second kappa shape index (κ2) is 14.7. The number of thiazole rings is 1. The molecule has 0 fully saturated rings. The number of methoxy groups -OCH3 is 1. The Labute approximate surface area is 276 Å². The summed E-state index contributed by atoms with van der Waals surface area (Å²) in [5, 5.41) is 0.655. The first-order valence-electron chi connectivity index (χ1n) is 14.9. The van der Waals surface area contributed by atoms with Crippen molar-refractivity contribution in [3.05, 3.63) is 132 Å². The molecule has 2 heterocycles. The standard InChI is InChI=1S/C36H35ClN2O6S/c1-6-11-25-18-24(19-29(43-7-2)33(25)45-21-23-14-16-26(37)17-15-23)20-30-34(40)39-32(27-12-9-10-13-28(27)42-5)31(35(41)44-8-3)22(4)38-36(39)46-30/h6,9-10,12-20,32H,1,7-8,11,21H2,2-5H3/b30-20+/t32-/m1/s1. The van der Waals surface area contributed by atoms with Crippen molar-refractivity contribution in [2.45, 2.75) is 39.8 Å². The summed E-state index contributed by atoms with van der Waals surface area (Å²) in [7, 11) is 1.56. The fraction of sp³-hybridized carbons (Fsp3) is 0.250. The average molecular weight is 659 g/mol. The SMILES string of the molecule is C=CCc1cc(/C=c2/sc3n(c2=O)[C@H](c2ccccc2OC)C(C(=O)OCC)=C(C)N=3)cc(OCC)c1OCc1ccc(Cl)cc1. The molecule has 0 aliphatic carbocycles. The largest absolute Gasteiger partial charge is 0.496 e. The summed E-state index contributed by atoms with van der Waals surface area (Å²) >= 11 is 7.30. The van der Waals surface area contributed by atoms with E-state index in [-0.39, 0.29) is 12.2 Å². The third-order valence-electron chi connectivity index (χ3n) is 7.36. The summed E-state index contributed by atoms with van der Waals surface area (Å²) in [6.07, 6.45) is 4.13. The van der Waals surface area contributed by atoms with Crippen LogP contribution in [0.2, 0.25) is 5.02 Å². The first-order valence-corrected chi connectivity index (χ1v) is 16.1. The summed E-state index contributed by atoms with van der Waals surface area (Å²) in [5.41, 5.74) is 3.71. The number of hydrogen-bond acceptors (Lipinski definition) is 8. The summed E-state index contributed by atoms with van der Waals surface area (Å²) in [6.45, 7) is 10.3. The predicted octanol–water partition coefficient (Wildman–Crippen LogP) is 6.17. The fourth-order valence-electron chi connectivity index (χ4n) is 5.37. The van der Waals surface area contributed by atoms with Crippen molar-refractivity contribution in [1.82, 2.24) is 4.57 Å². The quantitative estimate of drug-likeness (QED) is 0.134. The van der Waals surface area contributed by atoms with Crippen molar-refractivity contribution in [3.8, 4) is 17.2 Å². The predicted molar refractivity (Wildman–Crippen MR) is 181 cm³/mol. The van der Waals surface area contributed by atoms with Crippen molar-refractivity contribution in [2.75, 3.05) is 20.3 Å². The molecule has 10 heteroatoms. The van der Waals surface area contributed by atoms with E-state index in [0.717, 1.165) is 16.7 Å². The van der Waals surface area contributed by atoms with Crippen LogP contribution in [-0.4, -0.2) is 30.9 Å². The highest BCUT2D eigenvalue weighted by Gasteiger charge is 2.35. The first kappa shape index (κ1) is 32.8. The van der Waals surface area contributed by atoms with Gasteiger partial charge in [-0.1, -0.05) is 59.3 Å². The molecule has 1 aliphatic heterocycles. The Hall–Kier alpha value is -4.60. The van der Waals surface area contributed by atoms with E-state index >= 15 is 0 Å². The van der Waals surface area contributed by atoms with Gasteiger partial charge in [0.25, 0.3) is 5.56 Å². The Bertz CT molecular complexity index is 1980. The smallest absolute Gasteiger partial charge is 0.338 e. The molecule has 0 N–H and O–H groups in total. The van der Waals surface area contributed by atoms with Gasteiger partial charge in [0.1, 0.15) is 18.4 Å². The number of aromatic nitrogens is 1. The van der Waals surface area contributed by atoms with Crippen LogP contribution < -0.4 is 29.1 Å². The lowest BCUT2D eigenvalue weighted by atomic mass is 9.95. The molecular weight excluding hydrogens is 624 g/mol. The van der Waals surface area contributed by atoms with Crippen molar-refractivity contribution in [1.29, 1.82) is 0 Å². The molecule has 1 aromatic heterocycles. The van der Waals surface area contributed by atoms with E-state index in [9.17, 15) is 9.59 Å². The molecule has 0 spiro atoms. The number of ether oxygens (including phenoxy) is 4. The molecular formula is C36H35ClN2O6S. The summed E-state index contributed by atoms with van der Waals surface area (Å²) in [4.78, 5) is 32.6. The van der Waals surface area contributed by atoms with Gasteiger partial charge in [-0.2, -0.15) is 0 Å². The zero-order chi connectivity index (χ0) is 32.8. The lowest BCUT2D eigenvalue weighted by Crippen LogP contribution is -2.40. The number of fused-ring (bicyclic) bond motifs is 1. The van der Waals surface area contributed by atoms with Gasteiger partial charge >= 0.3 is 5.97 Å². The second-order valence-corrected chi connectivity index (χ2v) is 11.8. The van der Waals surface area contributed by atoms with Crippen LogP contribution in [0.3, 0.4) is 0 Å². The number of carbonyl (C=O) groups is 1. The number of rotatable bonds is 12. The number of carbonyl (C=O) groups excluding carboxylic acids is 1. The molecule has 0 bridgehead atoms. The van der Waals surface area contributed by atoms with Gasteiger partial charge in [0.05, 0.1) is 36.1 Å². The van der Waals surface area contributed by atoms with Crippen molar-refractivity contribution >= 4 is 35.0 Å². The van der Waals surface area contributed by atoms with Crippen LogP contribution in [0.1, 0.15) is 49.1 Å². The van der Waals surface area contributed by atoms with Gasteiger partial charge in [0, 0.05) is 16.1 Å². The van der Waals surface area contributed by atoms with Gasteiger partial charge < -0.3 is 18.9 Å². The number of allylic oxidation sites excluding steroid dienone is 2. The number of hydrogen-bond donors (Lipinski definition) is 0. The lowest BCUT2D eigenvalue weighted by molar-refractivity contribution is -0.139. The maximum absolute atomic E-state index is 14.2. The van der Waals surface area contributed by atoms with Crippen LogP contribution in [-0.2, 0) is 22.6 Å². The van der Waals surface area contributed by atoms with Gasteiger partial charge in [-0.3, -0.25) is 9.36 Å². The monoisotopic (exact) mass is 658 g/mol. The molecule has 1 atom stereocenters. The maximum atomic E-state index is 14.2. The Morgan fingerprint density at radius 3 is 2.52 bits per heavy atom. The van der Waals surface area contributed by atoms with E-state index in [2.05, 4.69) is 11.6 Å². The van der Waals surface area contributed by atoms with Gasteiger partial charge in [-0.15, -0.1) is 6.58 Å². The summed E-state index contributed by atoms with van der Waals surface area (Å²) in [6, 6.07) is 17.8. The Balaban J connectivity index is 1.64. The second-order valence-electron chi connectivity index (χ2n) is 10.4. The minimum absolute atomic E-state index is 0.188. The molecule has 46 heavy (non-hydrogen) atoms. The number of esters is 1. The van der Waals surface area contributed by atoms with Gasteiger partial charge in [-0.25, -0.2) is 9.79 Å². The summed E-state index contributed by atoms with van der Waals surface area (Å²) < 4.78 is 25.4. The maximum Gasteiger partial charge on any atom is 0.338 e. The highest BCUT2D eigenvalue weighted by atomic mass is 35.5. The Morgan fingerprint density at radius 1 is 1.07 bits per heavy atom. The van der Waals surface area contributed by atoms with Crippen LogP contribution in [0.15, 0.2) is 94.4 Å². The lowest BCUT2D eigenvalue weighted by Gasteiger charge is -2.25. The van der Waals surface area contributed by atoms with E-state index in [4.69, 9.17) is 30.5 Å². The number of nitrogens with zero attached hydrogens (tertiary/aromatic N) is 2. The van der Waals surface area contributed by atoms with Crippen LogP contribution in [0.4, 0.5) is 0 Å². The van der Waals surface area contributed by atoms with Crippen LogP contribution in [0.25, 0.3) is 6.08 Å².